The number of ether oxygens (including phenoxy) is 1. The lowest BCUT2D eigenvalue weighted by Crippen LogP contribution is -2.37. The second-order valence-corrected chi connectivity index (χ2v) is 5.23. The maximum Gasteiger partial charge on any atom is 0.336 e. The van der Waals surface area contributed by atoms with E-state index in [1.807, 2.05) is 13.0 Å². The Morgan fingerprint density at radius 1 is 1.39 bits per heavy atom. The molecule has 0 radical (unpaired) electrons. The number of hydrogen-bond donors (Lipinski definition) is 2. The summed E-state index contributed by atoms with van der Waals surface area (Å²) in [7, 11) is 0. The van der Waals surface area contributed by atoms with Gasteiger partial charge in [0, 0.05) is 30.7 Å². The zero-order valence-corrected chi connectivity index (χ0v) is 13.3. The third-order valence-corrected chi connectivity index (χ3v) is 3.50. The van der Waals surface area contributed by atoms with Gasteiger partial charge in [0.25, 0.3) is 5.91 Å². The fraction of sp³-hybridized carbons (Fsp3) is 0.412. The molecule has 1 aromatic carbocycles. The summed E-state index contributed by atoms with van der Waals surface area (Å²) in [6, 6.07) is 6.68. The first-order valence-corrected chi connectivity index (χ1v) is 7.67. The normalized spacial score (nSPS) is 12.1. The van der Waals surface area contributed by atoms with Crippen LogP contribution < -0.4 is 15.7 Å². The molecule has 2 aromatic rings. The highest BCUT2D eigenvalue weighted by molar-refractivity contribution is 5.82. The van der Waals surface area contributed by atoms with Gasteiger partial charge in [-0.15, -0.1) is 0 Å². The Hall–Kier alpha value is -2.34. The highest BCUT2D eigenvalue weighted by atomic mass is 16.5. The van der Waals surface area contributed by atoms with Gasteiger partial charge in [-0.1, -0.05) is 6.92 Å². The van der Waals surface area contributed by atoms with E-state index in [0.717, 1.165) is 17.4 Å². The smallest absolute Gasteiger partial charge is 0.336 e. The molecule has 0 saturated heterocycles. The summed E-state index contributed by atoms with van der Waals surface area (Å²) in [6.07, 6.45) is 0.540. The van der Waals surface area contributed by atoms with Crippen LogP contribution in [0.4, 0.5) is 0 Å². The fourth-order valence-corrected chi connectivity index (χ4v) is 2.27. The molecular formula is C17H21NO5. The van der Waals surface area contributed by atoms with Gasteiger partial charge < -0.3 is 19.6 Å². The van der Waals surface area contributed by atoms with Crippen LogP contribution in [0.25, 0.3) is 11.0 Å². The second kappa shape index (κ2) is 7.78. The first-order valence-electron chi connectivity index (χ1n) is 7.67. The topological polar surface area (TPSA) is 88.8 Å². The summed E-state index contributed by atoms with van der Waals surface area (Å²) in [6.45, 7) is 4.03. The van der Waals surface area contributed by atoms with Crippen LogP contribution in [-0.2, 0) is 11.2 Å². The van der Waals surface area contributed by atoms with Crippen LogP contribution in [0, 0.1) is 0 Å². The highest BCUT2D eigenvalue weighted by Crippen LogP contribution is 2.23. The predicted octanol–water partition coefficient (Wildman–Crippen LogP) is 1.62. The quantitative estimate of drug-likeness (QED) is 0.598. The molecule has 6 heteroatoms. The van der Waals surface area contributed by atoms with Crippen molar-refractivity contribution < 1.29 is 19.1 Å². The van der Waals surface area contributed by atoms with Crippen molar-refractivity contribution in [3.8, 4) is 5.75 Å². The number of aryl methyl sites for hydroxylation is 1. The number of aliphatic hydroxyl groups is 1. The molecule has 1 amide bonds. The van der Waals surface area contributed by atoms with Gasteiger partial charge in [-0.25, -0.2) is 4.79 Å². The van der Waals surface area contributed by atoms with Crippen molar-refractivity contribution in [1.29, 1.82) is 0 Å². The SMILES string of the molecule is CCc1cc(=O)oc2cc(O[C@H](C)C(=O)NCCCO)ccc12. The Kier molecular flexibility index (Phi) is 5.76. The van der Waals surface area contributed by atoms with Crippen LogP contribution in [0.5, 0.6) is 5.75 Å². The zero-order chi connectivity index (χ0) is 16.8. The standard InChI is InChI=1S/C17H21NO5/c1-3-12-9-16(20)23-15-10-13(5-6-14(12)15)22-11(2)17(21)18-7-4-8-19/h5-6,9-11,19H,3-4,7-8H2,1-2H3,(H,18,21)/t11-/m1/s1. The summed E-state index contributed by atoms with van der Waals surface area (Å²) >= 11 is 0. The third-order valence-electron chi connectivity index (χ3n) is 3.50. The average molecular weight is 319 g/mol. The molecule has 0 spiro atoms. The number of rotatable bonds is 7. The third kappa shape index (κ3) is 4.32. The Labute approximate surface area is 134 Å². The van der Waals surface area contributed by atoms with Gasteiger partial charge in [-0.2, -0.15) is 0 Å². The minimum Gasteiger partial charge on any atom is -0.481 e. The number of fused-ring (bicyclic) bond motifs is 1. The molecule has 1 heterocycles. The van der Waals surface area contributed by atoms with Crippen LogP contribution in [0.1, 0.15) is 25.8 Å². The first-order chi connectivity index (χ1) is 11.0. The largest absolute Gasteiger partial charge is 0.481 e. The summed E-state index contributed by atoms with van der Waals surface area (Å²) < 4.78 is 10.8. The van der Waals surface area contributed by atoms with Crippen molar-refractivity contribution >= 4 is 16.9 Å². The number of amides is 1. The molecule has 0 bridgehead atoms. The number of nitrogens with one attached hydrogen (secondary N) is 1. The van der Waals surface area contributed by atoms with Crippen molar-refractivity contribution in [3.63, 3.8) is 0 Å². The van der Waals surface area contributed by atoms with E-state index in [1.54, 1.807) is 19.1 Å². The summed E-state index contributed by atoms with van der Waals surface area (Å²) in [5.74, 6) is 0.195. The molecule has 1 aromatic heterocycles. The number of carbonyl (C=O) groups excluding carboxylic acids is 1. The maximum absolute atomic E-state index is 11.8. The molecule has 0 aliphatic carbocycles. The molecule has 0 unspecified atom stereocenters. The van der Waals surface area contributed by atoms with Gasteiger partial charge >= 0.3 is 5.63 Å². The highest BCUT2D eigenvalue weighted by Gasteiger charge is 2.15. The molecule has 0 aliphatic rings. The molecule has 1 atom stereocenters. The Bertz CT molecular complexity index is 737. The van der Waals surface area contributed by atoms with Crippen LogP contribution in [-0.4, -0.2) is 30.3 Å². The molecule has 124 valence electrons. The lowest BCUT2D eigenvalue weighted by molar-refractivity contribution is -0.127. The molecule has 0 aliphatic heterocycles. The average Bonchev–Trinajstić information content (AvgIpc) is 2.53. The van der Waals surface area contributed by atoms with E-state index >= 15 is 0 Å². The van der Waals surface area contributed by atoms with Crippen LogP contribution in [0.2, 0.25) is 0 Å². The van der Waals surface area contributed by atoms with Gasteiger partial charge in [0.15, 0.2) is 6.10 Å². The minimum atomic E-state index is -0.688. The van der Waals surface area contributed by atoms with E-state index < -0.39 is 11.7 Å². The molecule has 2 rings (SSSR count). The summed E-state index contributed by atoms with van der Waals surface area (Å²) in [4.78, 5) is 23.4. The number of hydrogen-bond acceptors (Lipinski definition) is 5. The van der Waals surface area contributed by atoms with Gasteiger partial charge in [-0.05, 0) is 37.5 Å². The van der Waals surface area contributed by atoms with Gasteiger partial charge in [-0.3, -0.25) is 4.79 Å². The first kappa shape index (κ1) is 17.0. The van der Waals surface area contributed by atoms with E-state index in [1.165, 1.54) is 6.07 Å². The van der Waals surface area contributed by atoms with E-state index in [2.05, 4.69) is 5.32 Å². The van der Waals surface area contributed by atoms with E-state index in [0.29, 0.717) is 24.3 Å². The monoisotopic (exact) mass is 319 g/mol. The summed E-state index contributed by atoms with van der Waals surface area (Å²) in [5, 5.41) is 12.2. The predicted molar refractivity (Wildman–Crippen MR) is 86.7 cm³/mol. The Balaban J connectivity index is 2.14. The van der Waals surface area contributed by atoms with Crippen molar-refractivity contribution in [2.24, 2.45) is 0 Å². The number of benzene rings is 1. The molecule has 2 N–H and O–H groups in total. The minimum absolute atomic E-state index is 0.0268. The van der Waals surface area contributed by atoms with Crippen LogP contribution in [0.3, 0.4) is 0 Å². The van der Waals surface area contributed by atoms with E-state index in [-0.39, 0.29) is 12.5 Å². The lowest BCUT2D eigenvalue weighted by Gasteiger charge is -2.15. The number of aliphatic hydroxyl groups excluding tert-OH is 1. The lowest BCUT2D eigenvalue weighted by atomic mass is 10.1. The van der Waals surface area contributed by atoms with Crippen molar-refractivity contribution in [3.05, 3.63) is 40.2 Å². The van der Waals surface area contributed by atoms with Gasteiger partial charge in [0.1, 0.15) is 11.3 Å². The van der Waals surface area contributed by atoms with E-state index in [9.17, 15) is 9.59 Å². The second-order valence-electron chi connectivity index (χ2n) is 5.23. The zero-order valence-electron chi connectivity index (χ0n) is 13.3. The fourth-order valence-electron chi connectivity index (χ4n) is 2.27. The van der Waals surface area contributed by atoms with Crippen LogP contribution in [0.15, 0.2) is 33.5 Å². The molecule has 0 saturated carbocycles. The molecule has 23 heavy (non-hydrogen) atoms. The molecular weight excluding hydrogens is 298 g/mol. The maximum atomic E-state index is 11.8. The van der Waals surface area contributed by atoms with Crippen molar-refractivity contribution in [2.75, 3.05) is 13.2 Å². The van der Waals surface area contributed by atoms with E-state index in [4.69, 9.17) is 14.3 Å². The molecule has 0 fully saturated rings. The van der Waals surface area contributed by atoms with Crippen molar-refractivity contribution in [2.45, 2.75) is 32.8 Å². The molecule has 6 nitrogen and oxygen atoms in total. The van der Waals surface area contributed by atoms with Crippen molar-refractivity contribution in [1.82, 2.24) is 5.32 Å². The summed E-state index contributed by atoms with van der Waals surface area (Å²) in [5.41, 5.74) is 0.957. The van der Waals surface area contributed by atoms with Gasteiger partial charge in [0.2, 0.25) is 0 Å². The Morgan fingerprint density at radius 3 is 2.87 bits per heavy atom. The van der Waals surface area contributed by atoms with Crippen LogP contribution >= 0.6 is 0 Å². The number of carbonyl (C=O) groups is 1. The van der Waals surface area contributed by atoms with Gasteiger partial charge in [0.05, 0.1) is 0 Å². The Morgan fingerprint density at radius 2 is 2.17 bits per heavy atom.